The molecule has 0 radical (unpaired) electrons. The molecule has 0 saturated heterocycles. The number of amides is 1. The zero-order chi connectivity index (χ0) is 16.9. The summed E-state index contributed by atoms with van der Waals surface area (Å²) in [5, 5.41) is 0. The normalized spacial score (nSPS) is 11.1. The Balaban J connectivity index is 2.20. The minimum atomic E-state index is -0.572. The standard InChI is InChI=1S/C20H25NO2/c1-5-21(15-16-9-7-6-8-10-16)19(22)20(2,3)17-11-13-18(23-4)14-12-17/h6-14H,5,15H2,1-4H3. The molecule has 0 spiro atoms. The minimum absolute atomic E-state index is 0.133. The van der Waals surface area contributed by atoms with Crippen LogP contribution in [0.1, 0.15) is 31.9 Å². The molecule has 0 aromatic heterocycles. The van der Waals surface area contributed by atoms with Crippen LogP contribution in [0.15, 0.2) is 54.6 Å². The molecule has 0 saturated carbocycles. The fourth-order valence-corrected chi connectivity index (χ4v) is 2.66. The number of methoxy groups -OCH3 is 1. The molecule has 0 aliphatic rings. The van der Waals surface area contributed by atoms with E-state index in [1.165, 1.54) is 0 Å². The summed E-state index contributed by atoms with van der Waals surface area (Å²) in [5.74, 6) is 0.933. The SMILES string of the molecule is CCN(Cc1ccccc1)C(=O)C(C)(C)c1ccc(OC)cc1. The average molecular weight is 311 g/mol. The van der Waals surface area contributed by atoms with Gasteiger partial charge in [0.1, 0.15) is 5.75 Å². The monoisotopic (exact) mass is 311 g/mol. The van der Waals surface area contributed by atoms with Crippen molar-refractivity contribution in [1.82, 2.24) is 4.90 Å². The topological polar surface area (TPSA) is 29.5 Å². The van der Waals surface area contributed by atoms with Gasteiger partial charge in [-0.25, -0.2) is 0 Å². The molecule has 0 aliphatic carbocycles. The molecule has 23 heavy (non-hydrogen) atoms. The third-order valence-electron chi connectivity index (χ3n) is 4.23. The largest absolute Gasteiger partial charge is 0.497 e. The second-order valence-corrected chi connectivity index (χ2v) is 6.16. The number of hydrogen-bond acceptors (Lipinski definition) is 2. The molecule has 2 aromatic rings. The van der Waals surface area contributed by atoms with E-state index >= 15 is 0 Å². The number of benzene rings is 2. The Labute approximate surface area is 138 Å². The van der Waals surface area contributed by atoms with E-state index in [1.54, 1.807) is 7.11 Å². The first kappa shape index (κ1) is 17.1. The predicted molar refractivity (Wildman–Crippen MR) is 93.6 cm³/mol. The smallest absolute Gasteiger partial charge is 0.232 e. The van der Waals surface area contributed by atoms with Gasteiger partial charge in [-0.3, -0.25) is 4.79 Å². The van der Waals surface area contributed by atoms with Crippen LogP contribution in [0.5, 0.6) is 5.75 Å². The Bertz CT molecular complexity index is 632. The molecule has 2 rings (SSSR count). The summed E-state index contributed by atoms with van der Waals surface area (Å²) in [6.07, 6.45) is 0. The van der Waals surface area contributed by atoms with Gasteiger partial charge in [0.05, 0.1) is 12.5 Å². The van der Waals surface area contributed by atoms with E-state index < -0.39 is 5.41 Å². The van der Waals surface area contributed by atoms with Crippen LogP contribution < -0.4 is 4.74 Å². The maximum Gasteiger partial charge on any atom is 0.232 e. The maximum atomic E-state index is 13.0. The van der Waals surface area contributed by atoms with Crippen molar-refractivity contribution in [2.45, 2.75) is 32.7 Å². The lowest BCUT2D eigenvalue weighted by molar-refractivity contribution is -0.136. The first-order valence-corrected chi connectivity index (χ1v) is 7.97. The van der Waals surface area contributed by atoms with E-state index in [9.17, 15) is 4.79 Å². The molecule has 3 heteroatoms. The lowest BCUT2D eigenvalue weighted by Crippen LogP contribution is -2.43. The predicted octanol–water partition coefficient (Wildman–Crippen LogP) is 4.02. The molecule has 0 unspecified atom stereocenters. The van der Waals surface area contributed by atoms with Crippen LogP contribution in [-0.4, -0.2) is 24.5 Å². The van der Waals surface area contributed by atoms with E-state index in [0.29, 0.717) is 13.1 Å². The lowest BCUT2D eigenvalue weighted by Gasteiger charge is -2.32. The first-order chi connectivity index (χ1) is 11.0. The van der Waals surface area contributed by atoms with E-state index in [-0.39, 0.29) is 5.91 Å². The Morgan fingerprint density at radius 1 is 1.04 bits per heavy atom. The Kier molecular flexibility index (Phi) is 5.43. The number of rotatable bonds is 6. The van der Waals surface area contributed by atoms with E-state index in [2.05, 4.69) is 12.1 Å². The number of hydrogen-bond donors (Lipinski definition) is 0. The van der Waals surface area contributed by atoms with Crippen molar-refractivity contribution in [3.63, 3.8) is 0 Å². The molecular formula is C20H25NO2. The number of nitrogens with zero attached hydrogens (tertiary/aromatic N) is 1. The molecule has 1 amide bonds. The van der Waals surface area contributed by atoms with Crippen LogP contribution in [0.3, 0.4) is 0 Å². The van der Waals surface area contributed by atoms with Crippen LogP contribution in [-0.2, 0) is 16.8 Å². The van der Waals surface area contributed by atoms with Crippen molar-refractivity contribution in [3.05, 3.63) is 65.7 Å². The van der Waals surface area contributed by atoms with Gasteiger partial charge in [0.2, 0.25) is 5.91 Å². The summed E-state index contributed by atoms with van der Waals surface area (Å²) in [4.78, 5) is 15.0. The highest BCUT2D eigenvalue weighted by molar-refractivity contribution is 5.87. The third kappa shape index (κ3) is 3.92. The van der Waals surface area contributed by atoms with Crippen LogP contribution in [0, 0.1) is 0 Å². The fourth-order valence-electron chi connectivity index (χ4n) is 2.66. The van der Waals surface area contributed by atoms with Gasteiger partial charge < -0.3 is 9.64 Å². The van der Waals surface area contributed by atoms with Crippen LogP contribution in [0.4, 0.5) is 0 Å². The molecule has 0 bridgehead atoms. The quantitative estimate of drug-likeness (QED) is 0.806. The minimum Gasteiger partial charge on any atom is -0.497 e. The Morgan fingerprint density at radius 3 is 2.17 bits per heavy atom. The van der Waals surface area contributed by atoms with Gasteiger partial charge in [-0.2, -0.15) is 0 Å². The molecule has 0 fully saturated rings. The summed E-state index contributed by atoms with van der Waals surface area (Å²) in [7, 11) is 1.64. The number of ether oxygens (including phenoxy) is 1. The fraction of sp³-hybridized carbons (Fsp3) is 0.350. The van der Waals surface area contributed by atoms with Crippen molar-refractivity contribution in [2.24, 2.45) is 0 Å². The molecule has 122 valence electrons. The summed E-state index contributed by atoms with van der Waals surface area (Å²) < 4.78 is 5.19. The first-order valence-electron chi connectivity index (χ1n) is 7.97. The van der Waals surface area contributed by atoms with Gasteiger partial charge in [0.15, 0.2) is 0 Å². The van der Waals surface area contributed by atoms with Crippen LogP contribution >= 0.6 is 0 Å². The van der Waals surface area contributed by atoms with Gasteiger partial charge in [0.25, 0.3) is 0 Å². The molecular weight excluding hydrogens is 286 g/mol. The van der Waals surface area contributed by atoms with Crippen molar-refractivity contribution >= 4 is 5.91 Å². The van der Waals surface area contributed by atoms with Gasteiger partial charge in [0, 0.05) is 13.1 Å². The molecule has 0 atom stereocenters. The number of carbonyl (C=O) groups is 1. The maximum absolute atomic E-state index is 13.0. The highest BCUT2D eigenvalue weighted by Gasteiger charge is 2.33. The van der Waals surface area contributed by atoms with Gasteiger partial charge >= 0.3 is 0 Å². The van der Waals surface area contributed by atoms with E-state index in [1.807, 2.05) is 68.1 Å². The molecule has 0 heterocycles. The van der Waals surface area contributed by atoms with Gasteiger partial charge in [-0.1, -0.05) is 42.5 Å². The highest BCUT2D eigenvalue weighted by atomic mass is 16.5. The second-order valence-electron chi connectivity index (χ2n) is 6.16. The molecule has 2 aromatic carbocycles. The third-order valence-corrected chi connectivity index (χ3v) is 4.23. The Hall–Kier alpha value is -2.29. The van der Waals surface area contributed by atoms with Crippen molar-refractivity contribution in [3.8, 4) is 5.75 Å². The number of carbonyl (C=O) groups excluding carboxylic acids is 1. The van der Waals surface area contributed by atoms with Crippen LogP contribution in [0.25, 0.3) is 0 Å². The highest BCUT2D eigenvalue weighted by Crippen LogP contribution is 2.28. The molecule has 0 N–H and O–H groups in total. The second kappa shape index (κ2) is 7.32. The van der Waals surface area contributed by atoms with Gasteiger partial charge in [-0.15, -0.1) is 0 Å². The zero-order valence-corrected chi connectivity index (χ0v) is 14.4. The number of likely N-dealkylation sites (N-methyl/N-ethyl adjacent to an activating group) is 1. The van der Waals surface area contributed by atoms with Gasteiger partial charge in [-0.05, 0) is 44.0 Å². The summed E-state index contributed by atoms with van der Waals surface area (Å²) in [6.45, 7) is 7.30. The van der Waals surface area contributed by atoms with Crippen molar-refractivity contribution in [1.29, 1.82) is 0 Å². The summed E-state index contributed by atoms with van der Waals surface area (Å²) in [5.41, 5.74) is 1.57. The Morgan fingerprint density at radius 2 is 1.65 bits per heavy atom. The lowest BCUT2D eigenvalue weighted by atomic mass is 9.83. The van der Waals surface area contributed by atoms with E-state index in [0.717, 1.165) is 16.9 Å². The summed E-state index contributed by atoms with van der Waals surface area (Å²) in [6, 6.07) is 17.8. The summed E-state index contributed by atoms with van der Waals surface area (Å²) >= 11 is 0. The van der Waals surface area contributed by atoms with Crippen LogP contribution in [0.2, 0.25) is 0 Å². The zero-order valence-electron chi connectivity index (χ0n) is 14.4. The molecule has 3 nitrogen and oxygen atoms in total. The van der Waals surface area contributed by atoms with Crippen molar-refractivity contribution < 1.29 is 9.53 Å². The average Bonchev–Trinajstić information content (AvgIpc) is 2.60. The van der Waals surface area contributed by atoms with Crippen molar-refractivity contribution in [2.75, 3.05) is 13.7 Å². The molecule has 0 aliphatic heterocycles. The van der Waals surface area contributed by atoms with E-state index in [4.69, 9.17) is 4.74 Å².